The number of rotatable bonds is 9. The van der Waals surface area contributed by atoms with E-state index in [1.165, 1.54) is 31.4 Å². The van der Waals surface area contributed by atoms with Crippen molar-refractivity contribution in [2.75, 3.05) is 13.7 Å². The van der Waals surface area contributed by atoms with Crippen LogP contribution in [0.1, 0.15) is 65.1 Å². The molecule has 3 aliphatic rings. The zero-order valence-corrected chi connectivity index (χ0v) is 21.7. The van der Waals surface area contributed by atoms with Crippen LogP contribution in [-0.2, 0) is 16.1 Å². The van der Waals surface area contributed by atoms with Gasteiger partial charge in [-0.3, -0.25) is 14.4 Å². The van der Waals surface area contributed by atoms with Crippen molar-refractivity contribution in [3.63, 3.8) is 0 Å². The van der Waals surface area contributed by atoms with Gasteiger partial charge in [0.1, 0.15) is 17.1 Å². The van der Waals surface area contributed by atoms with Gasteiger partial charge in [-0.25, -0.2) is 13.9 Å². The molecule has 0 atom stereocenters. The lowest BCUT2D eigenvalue weighted by Gasteiger charge is -2.51. The summed E-state index contributed by atoms with van der Waals surface area (Å²) in [5.41, 5.74) is -0.690. The Morgan fingerprint density at radius 3 is 2.45 bits per heavy atom. The molecule has 0 unspecified atom stereocenters. The molecule has 2 heterocycles. The summed E-state index contributed by atoms with van der Waals surface area (Å²) >= 11 is 0. The minimum Gasteiger partial charge on any atom is -0.469 e. The minimum atomic E-state index is -2.99. The molecule has 6 rings (SSSR count). The summed E-state index contributed by atoms with van der Waals surface area (Å²) in [6.45, 7) is -2.68. The first-order valence-corrected chi connectivity index (χ1v) is 12.9. The van der Waals surface area contributed by atoms with Crippen LogP contribution >= 0.6 is 0 Å². The molecule has 13 heteroatoms. The summed E-state index contributed by atoms with van der Waals surface area (Å²) in [5, 5.41) is 9.41. The molecular formula is C27H28F3N5O5. The average Bonchev–Trinajstić information content (AvgIpc) is 3.35. The summed E-state index contributed by atoms with van der Waals surface area (Å²) in [5.74, 6) is -2.30. The SMILES string of the molecule is COC(=O)C12CCC(CNC(=O)c3cc(C(=O)NCc4cccc(OC(F)F)c4)nc4c(F)cnn34)(CC1)CC2. The van der Waals surface area contributed by atoms with Crippen molar-refractivity contribution in [2.24, 2.45) is 10.8 Å². The molecule has 3 aliphatic carbocycles. The molecule has 40 heavy (non-hydrogen) atoms. The van der Waals surface area contributed by atoms with Gasteiger partial charge in [0, 0.05) is 19.2 Å². The van der Waals surface area contributed by atoms with E-state index in [1.807, 2.05) is 0 Å². The van der Waals surface area contributed by atoms with Gasteiger partial charge < -0.3 is 20.1 Å². The number of amides is 2. The molecule has 0 spiro atoms. The van der Waals surface area contributed by atoms with Crippen molar-refractivity contribution in [1.29, 1.82) is 0 Å². The summed E-state index contributed by atoms with van der Waals surface area (Å²) in [6.07, 6.45) is 5.29. The lowest BCUT2D eigenvalue weighted by molar-refractivity contribution is -0.162. The highest BCUT2D eigenvalue weighted by Gasteiger charge is 2.53. The Hall–Kier alpha value is -4.16. The predicted molar refractivity (Wildman–Crippen MR) is 134 cm³/mol. The van der Waals surface area contributed by atoms with E-state index in [0.29, 0.717) is 31.4 Å². The van der Waals surface area contributed by atoms with Gasteiger partial charge in [-0.2, -0.15) is 13.9 Å². The zero-order valence-electron chi connectivity index (χ0n) is 21.7. The summed E-state index contributed by atoms with van der Waals surface area (Å²) in [6, 6.07) is 7.04. The van der Waals surface area contributed by atoms with Crippen LogP contribution in [0.2, 0.25) is 0 Å². The van der Waals surface area contributed by atoms with E-state index in [2.05, 4.69) is 25.5 Å². The third-order valence-electron chi connectivity index (χ3n) is 8.11. The number of esters is 1. The monoisotopic (exact) mass is 559 g/mol. The van der Waals surface area contributed by atoms with Crippen molar-refractivity contribution in [3.05, 3.63) is 59.3 Å². The predicted octanol–water partition coefficient (Wildman–Crippen LogP) is 3.64. The standard InChI is InChI=1S/C27H28F3N5O5/c1-39-24(38)27-8-5-26(6-9-27,7-10-27)15-32-23(37)20-12-19(34-21-18(28)14-33-35(20)21)22(36)31-13-16-3-2-4-17(11-16)40-25(29)30/h2-4,11-12,14,25H,5-10,13,15H2,1H3,(H,31,36)(H,32,37). The van der Waals surface area contributed by atoms with Crippen LogP contribution in [0.25, 0.3) is 5.65 Å². The van der Waals surface area contributed by atoms with Crippen LogP contribution in [0.3, 0.4) is 0 Å². The summed E-state index contributed by atoms with van der Waals surface area (Å²) in [4.78, 5) is 42.5. The molecule has 3 aromatic rings. The van der Waals surface area contributed by atoms with Crippen molar-refractivity contribution < 1.29 is 37.0 Å². The topological polar surface area (TPSA) is 124 Å². The Morgan fingerprint density at radius 2 is 1.77 bits per heavy atom. The Kier molecular flexibility index (Phi) is 7.39. The average molecular weight is 560 g/mol. The number of hydrogen-bond acceptors (Lipinski definition) is 7. The second kappa shape index (κ2) is 10.8. The van der Waals surface area contributed by atoms with Gasteiger partial charge in [-0.15, -0.1) is 0 Å². The molecule has 212 valence electrons. The number of aromatic nitrogens is 3. The maximum Gasteiger partial charge on any atom is 0.387 e. The van der Waals surface area contributed by atoms with Crippen LogP contribution < -0.4 is 15.4 Å². The van der Waals surface area contributed by atoms with E-state index in [1.54, 1.807) is 6.07 Å². The Balaban J connectivity index is 1.29. The lowest BCUT2D eigenvalue weighted by atomic mass is 9.53. The van der Waals surface area contributed by atoms with Crippen molar-refractivity contribution in [3.8, 4) is 5.75 Å². The largest absolute Gasteiger partial charge is 0.469 e. The molecule has 3 saturated carbocycles. The van der Waals surface area contributed by atoms with Gasteiger partial charge in [0.05, 0.1) is 18.7 Å². The number of ether oxygens (including phenoxy) is 2. The smallest absolute Gasteiger partial charge is 0.387 e. The van der Waals surface area contributed by atoms with E-state index in [4.69, 9.17) is 4.74 Å². The Labute approximate surface area is 227 Å². The Bertz CT molecular complexity index is 1440. The fraction of sp³-hybridized carbons (Fsp3) is 0.444. The number of methoxy groups -OCH3 is 1. The highest BCUT2D eigenvalue weighted by molar-refractivity contribution is 5.98. The zero-order chi connectivity index (χ0) is 28.5. The van der Waals surface area contributed by atoms with Crippen LogP contribution in [0, 0.1) is 16.6 Å². The third-order valence-corrected chi connectivity index (χ3v) is 8.11. The minimum absolute atomic E-state index is 0.0506. The number of fused-ring (bicyclic) bond motifs is 4. The number of hydrogen-bond donors (Lipinski definition) is 2. The van der Waals surface area contributed by atoms with E-state index in [0.717, 1.165) is 30.0 Å². The van der Waals surface area contributed by atoms with Crippen LogP contribution in [0.4, 0.5) is 13.2 Å². The summed E-state index contributed by atoms with van der Waals surface area (Å²) < 4.78 is 49.9. The highest BCUT2D eigenvalue weighted by atomic mass is 19.3. The van der Waals surface area contributed by atoms with Gasteiger partial charge in [0.2, 0.25) is 0 Å². The normalized spacial score (nSPS) is 21.8. The second-order valence-corrected chi connectivity index (χ2v) is 10.4. The molecule has 3 fully saturated rings. The molecule has 0 aliphatic heterocycles. The third kappa shape index (κ3) is 5.32. The van der Waals surface area contributed by atoms with E-state index < -0.39 is 29.7 Å². The van der Waals surface area contributed by atoms with Crippen molar-refractivity contribution in [1.82, 2.24) is 25.2 Å². The number of alkyl halides is 2. The lowest BCUT2D eigenvalue weighted by Crippen LogP contribution is -2.50. The highest BCUT2D eigenvalue weighted by Crippen LogP contribution is 2.57. The first-order chi connectivity index (χ1) is 19.1. The van der Waals surface area contributed by atoms with Crippen LogP contribution in [0.5, 0.6) is 5.75 Å². The molecule has 2 aromatic heterocycles. The maximum absolute atomic E-state index is 14.4. The second-order valence-electron chi connectivity index (χ2n) is 10.4. The molecule has 0 radical (unpaired) electrons. The molecule has 2 N–H and O–H groups in total. The van der Waals surface area contributed by atoms with E-state index in [9.17, 15) is 27.6 Å². The van der Waals surface area contributed by atoms with Crippen LogP contribution in [-0.4, -0.2) is 52.6 Å². The number of carbonyl (C=O) groups excluding carboxylic acids is 3. The molecular weight excluding hydrogens is 531 g/mol. The first kappa shape index (κ1) is 27.4. The van der Waals surface area contributed by atoms with Crippen LogP contribution in [0.15, 0.2) is 36.5 Å². The van der Waals surface area contributed by atoms with Crippen molar-refractivity contribution >= 4 is 23.4 Å². The number of benzene rings is 1. The van der Waals surface area contributed by atoms with E-state index in [-0.39, 0.29) is 40.7 Å². The molecule has 1 aromatic carbocycles. The van der Waals surface area contributed by atoms with E-state index >= 15 is 0 Å². The van der Waals surface area contributed by atoms with Gasteiger partial charge in [-0.1, -0.05) is 12.1 Å². The van der Waals surface area contributed by atoms with Gasteiger partial charge in [0.25, 0.3) is 11.8 Å². The fourth-order valence-electron chi connectivity index (χ4n) is 5.73. The molecule has 2 bridgehead atoms. The number of nitrogens with one attached hydrogen (secondary N) is 2. The fourth-order valence-corrected chi connectivity index (χ4v) is 5.73. The van der Waals surface area contributed by atoms with Gasteiger partial charge in [0.15, 0.2) is 11.5 Å². The van der Waals surface area contributed by atoms with Gasteiger partial charge >= 0.3 is 12.6 Å². The number of nitrogens with zero attached hydrogens (tertiary/aromatic N) is 3. The summed E-state index contributed by atoms with van der Waals surface area (Å²) in [7, 11) is 1.40. The Morgan fingerprint density at radius 1 is 1.05 bits per heavy atom. The van der Waals surface area contributed by atoms with Gasteiger partial charge in [-0.05, 0) is 61.6 Å². The molecule has 0 saturated heterocycles. The molecule has 2 amide bonds. The quantitative estimate of drug-likeness (QED) is 0.384. The first-order valence-electron chi connectivity index (χ1n) is 12.9. The van der Waals surface area contributed by atoms with Crippen molar-refractivity contribution in [2.45, 2.75) is 51.7 Å². The number of carbonyl (C=O) groups is 3. The maximum atomic E-state index is 14.4. The number of halogens is 3. The molecule has 10 nitrogen and oxygen atoms in total.